The fraction of sp³-hybridized carbons (Fsp3) is 0.154. The first-order chi connectivity index (χ1) is 8.60. The van der Waals surface area contributed by atoms with Gasteiger partial charge in [-0.1, -0.05) is 0 Å². The molecule has 94 valence electrons. The number of ether oxygens (including phenoxy) is 1. The van der Waals surface area contributed by atoms with Gasteiger partial charge in [-0.2, -0.15) is 0 Å². The Kier molecular flexibility index (Phi) is 3.32. The zero-order valence-electron chi connectivity index (χ0n) is 10.2. The molecule has 0 saturated heterocycles. The van der Waals surface area contributed by atoms with E-state index in [1.165, 1.54) is 13.2 Å². The number of methoxy groups -OCH3 is 1. The number of halogens is 1. The Morgan fingerprint density at radius 3 is 2.67 bits per heavy atom. The van der Waals surface area contributed by atoms with Crippen molar-refractivity contribution in [2.45, 2.75) is 6.92 Å². The number of pyridine rings is 1. The molecule has 0 radical (unpaired) electrons. The molecule has 2 rings (SSSR count). The van der Waals surface area contributed by atoms with Crippen molar-refractivity contribution in [3.63, 3.8) is 0 Å². The summed E-state index contributed by atoms with van der Waals surface area (Å²) in [6.07, 6.45) is 0. The number of aryl methyl sites for hydroxylation is 1. The molecule has 0 aliphatic rings. The summed E-state index contributed by atoms with van der Waals surface area (Å²) in [6.45, 7) is 1.81. The quantitative estimate of drug-likeness (QED) is 0.875. The fourth-order valence-corrected chi connectivity index (χ4v) is 1.53. The summed E-state index contributed by atoms with van der Waals surface area (Å²) in [7, 11) is 1.43. The Balaban J connectivity index is 2.23. The molecule has 0 amide bonds. The van der Waals surface area contributed by atoms with Crippen molar-refractivity contribution in [2.24, 2.45) is 0 Å². The third-order valence-electron chi connectivity index (χ3n) is 2.55. The van der Waals surface area contributed by atoms with Crippen LogP contribution in [0.1, 0.15) is 5.69 Å². The Morgan fingerprint density at radius 1 is 1.28 bits per heavy atom. The third-order valence-corrected chi connectivity index (χ3v) is 2.55. The summed E-state index contributed by atoms with van der Waals surface area (Å²) in [5, 5.41) is 3.00. The number of hydrogen-bond acceptors (Lipinski definition) is 4. The second kappa shape index (κ2) is 4.91. The number of rotatable bonds is 3. The number of nitrogens with two attached hydrogens (primary N) is 1. The van der Waals surface area contributed by atoms with Crippen molar-refractivity contribution in [3.8, 4) is 5.75 Å². The number of nitrogens with zero attached hydrogens (tertiary/aromatic N) is 1. The van der Waals surface area contributed by atoms with Gasteiger partial charge in [-0.15, -0.1) is 0 Å². The lowest BCUT2D eigenvalue weighted by Gasteiger charge is -2.09. The second-order valence-electron chi connectivity index (χ2n) is 3.85. The topological polar surface area (TPSA) is 60.2 Å². The van der Waals surface area contributed by atoms with Gasteiger partial charge in [0.15, 0.2) is 11.6 Å². The van der Waals surface area contributed by atoms with E-state index >= 15 is 0 Å². The lowest BCUT2D eigenvalue weighted by atomic mass is 10.2. The molecule has 3 N–H and O–H groups in total. The molecule has 2 aromatic rings. The molecule has 1 heterocycles. The molecule has 5 heteroatoms. The molecule has 1 aromatic carbocycles. The van der Waals surface area contributed by atoms with E-state index in [0.29, 0.717) is 17.2 Å². The molecule has 18 heavy (non-hydrogen) atoms. The van der Waals surface area contributed by atoms with Crippen LogP contribution >= 0.6 is 0 Å². The second-order valence-corrected chi connectivity index (χ2v) is 3.85. The first-order valence-corrected chi connectivity index (χ1v) is 5.44. The van der Waals surface area contributed by atoms with Crippen molar-refractivity contribution < 1.29 is 9.13 Å². The molecule has 0 aliphatic heterocycles. The van der Waals surface area contributed by atoms with Crippen LogP contribution < -0.4 is 15.8 Å². The van der Waals surface area contributed by atoms with E-state index in [1.54, 1.807) is 24.3 Å². The van der Waals surface area contributed by atoms with Crippen LogP contribution in [0.4, 0.5) is 21.6 Å². The van der Waals surface area contributed by atoms with Crippen LogP contribution in [0.15, 0.2) is 30.3 Å². The lowest BCUT2D eigenvalue weighted by Crippen LogP contribution is -1.99. The van der Waals surface area contributed by atoms with Gasteiger partial charge in [0, 0.05) is 11.8 Å². The first-order valence-electron chi connectivity index (χ1n) is 5.44. The average Bonchev–Trinajstić information content (AvgIpc) is 2.34. The maximum Gasteiger partial charge on any atom is 0.167 e. The lowest BCUT2D eigenvalue weighted by molar-refractivity contribution is 0.386. The van der Waals surface area contributed by atoms with E-state index in [-0.39, 0.29) is 5.75 Å². The van der Waals surface area contributed by atoms with Gasteiger partial charge in [-0.3, -0.25) is 0 Å². The van der Waals surface area contributed by atoms with Gasteiger partial charge < -0.3 is 15.8 Å². The van der Waals surface area contributed by atoms with Crippen LogP contribution in [0.5, 0.6) is 5.75 Å². The van der Waals surface area contributed by atoms with Gasteiger partial charge in [-0.25, -0.2) is 9.37 Å². The molecule has 0 atom stereocenters. The van der Waals surface area contributed by atoms with Crippen molar-refractivity contribution in [3.05, 3.63) is 41.8 Å². The highest BCUT2D eigenvalue weighted by Crippen LogP contribution is 2.23. The van der Waals surface area contributed by atoms with Gasteiger partial charge in [-0.05, 0) is 31.2 Å². The summed E-state index contributed by atoms with van der Waals surface area (Å²) in [5.41, 5.74) is 7.64. The maximum absolute atomic E-state index is 13.5. The number of anilines is 3. The van der Waals surface area contributed by atoms with E-state index in [2.05, 4.69) is 10.3 Å². The predicted molar refractivity (Wildman–Crippen MR) is 69.6 cm³/mol. The SMILES string of the molecule is COc1ccc(Nc2ccc(N)c(C)n2)cc1F. The van der Waals surface area contributed by atoms with Crippen LogP contribution in [0.25, 0.3) is 0 Å². The van der Waals surface area contributed by atoms with E-state index < -0.39 is 5.82 Å². The van der Waals surface area contributed by atoms with Crippen LogP contribution in [0.3, 0.4) is 0 Å². The first kappa shape index (κ1) is 12.2. The zero-order chi connectivity index (χ0) is 13.1. The Morgan fingerprint density at radius 2 is 2.06 bits per heavy atom. The third kappa shape index (κ3) is 2.51. The van der Waals surface area contributed by atoms with Crippen molar-refractivity contribution in [1.29, 1.82) is 0 Å². The molecular weight excluding hydrogens is 233 g/mol. The van der Waals surface area contributed by atoms with Gasteiger partial charge in [0.05, 0.1) is 18.5 Å². The van der Waals surface area contributed by atoms with Gasteiger partial charge >= 0.3 is 0 Å². The molecule has 1 aromatic heterocycles. The average molecular weight is 247 g/mol. The standard InChI is InChI=1S/C13H14FN3O/c1-8-11(15)4-6-13(16-8)17-9-3-5-12(18-2)10(14)7-9/h3-7H,15H2,1-2H3,(H,16,17). The van der Waals surface area contributed by atoms with E-state index in [9.17, 15) is 4.39 Å². The van der Waals surface area contributed by atoms with Crippen LogP contribution in [-0.4, -0.2) is 12.1 Å². The number of nitrogens with one attached hydrogen (secondary N) is 1. The number of benzene rings is 1. The smallest absolute Gasteiger partial charge is 0.167 e. The highest BCUT2D eigenvalue weighted by molar-refractivity contribution is 5.59. The van der Waals surface area contributed by atoms with Crippen LogP contribution in [0, 0.1) is 12.7 Å². The van der Waals surface area contributed by atoms with E-state index in [0.717, 1.165) is 5.69 Å². The van der Waals surface area contributed by atoms with Crippen molar-refractivity contribution >= 4 is 17.2 Å². The molecular formula is C13H14FN3O. The molecule has 0 unspecified atom stereocenters. The minimum Gasteiger partial charge on any atom is -0.494 e. The highest BCUT2D eigenvalue weighted by Gasteiger charge is 2.04. The van der Waals surface area contributed by atoms with Gasteiger partial charge in [0.2, 0.25) is 0 Å². The molecule has 4 nitrogen and oxygen atoms in total. The summed E-state index contributed by atoms with van der Waals surface area (Å²) in [6, 6.07) is 8.12. The van der Waals surface area contributed by atoms with Crippen LogP contribution in [-0.2, 0) is 0 Å². The summed E-state index contributed by atoms with van der Waals surface area (Å²) < 4.78 is 18.3. The van der Waals surface area contributed by atoms with Crippen molar-refractivity contribution in [2.75, 3.05) is 18.2 Å². The summed E-state index contributed by atoms with van der Waals surface area (Å²) >= 11 is 0. The molecule has 0 saturated carbocycles. The minimum atomic E-state index is -0.422. The molecule has 0 bridgehead atoms. The van der Waals surface area contributed by atoms with Gasteiger partial charge in [0.1, 0.15) is 5.82 Å². The molecule has 0 spiro atoms. The van der Waals surface area contributed by atoms with E-state index in [4.69, 9.17) is 10.5 Å². The largest absolute Gasteiger partial charge is 0.494 e. The molecule has 0 aliphatic carbocycles. The zero-order valence-corrected chi connectivity index (χ0v) is 10.2. The van der Waals surface area contributed by atoms with Crippen molar-refractivity contribution in [1.82, 2.24) is 4.98 Å². The van der Waals surface area contributed by atoms with Crippen LogP contribution in [0.2, 0.25) is 0 Å². The van der Waals surface area contributed by atoms with Gasteiger partial charge in [0.25, 0.3) is 0 Å². The monoisotopic (exact) mass is 247 g/mol. The Labute approximate surface area is 105 Å². The summed E-state index contributed by atoms with van der Waals surface area (Å²) in [5.74, 6) is 0.405. The minimum absolute atomic E-state index is 0.210. The van der Waals surface area contributed by atoms with E-state index in [1.807, 2.05) is 6.92 Å². The summed E-state index contributed by atoms with van der Waals surface area (Å²) in [4.78, 5) is 4.25. The Hall–Kier alpha value is -2.30. The number of aromatic nitrogens is 1. The Bertz CT molecular complexity index is 572. The predicted octanol–water partition coefficient (Wildman–Crippen LogP) is 2.86. The molecule has 0 fully saturated rings. The highest BCUT2D eigenvalue weighted by atomic mass is 19.1. The maximum atomic E-state index is 13.5. The fourth-order valence-electron chi connectivity index (χ4n) is 1.53. The number of hydrogen-bond donors (Lipinski definition) is 2. The normalized spacial score (nSPS) is 10.2. The number of nitrogen functional groups attached to an aromatic ring is 1.